The summed E-state index contributed by atoms with van der Waals surface area (Å²) in [5.41, 5.74) is 4.33. The first-order valence-corrected chi connectivity index (χ1v) is 9.49. The van der Waals surface area contributed by atoms with Gasteiger partial charge in [-0.05, 0) is 42.4 Å². The van der Waals surface area contributed by atoms with Crippen LogP contribution < -0.4 is 0 Å². The highest BCUT2D eigenvalue weighted by Crippen LogP contribution is 2.42. The molecule has 1 fully saturated rings. The standard InChI is InChI=1S/C22H22N2O2/c25-22(19-14-21(26-23-19)16-7-2-1-3-8-16)24(17-11-12-17)20-13-10-15-6-4-5-9-18(15)20/h1-9,17,20-21H,10-14H2/t20-,21+/m0/s1. The van der Waals surface area contributed by atoms with E-state index in [0.717, 1.165) is 31.2 Å². The van der Waals surface area contributed by atoms with Gasteiger partial charge in [0.05, 0.1) is 6.04 Å². The summed E-state index contributed by atoms with van der Waals surface area (Å²) in [5.74, 6) is 0.0626. The number of rotatable bonds is 4. The molecule has 0 saturated heterocycles. The summed E-state index contributed by atoms with van der Waals surface area (Å²) in [7, 11) is 0. The van der Waals surface area contributed by atoms with Gasteiger partial charge < -0.3 is 9.74 Å². The van der Waals surface area contributed by atoms with Crippen LogP contribution in [0.4, 0.5) is 0 Å². The molecule has 0 N–H and O–H groups in total. The second-order valence-corrected chi connectivity index (χ2v) is 7.44. The molecule has 0 aromatic heterocycles. The van der Waals surface area contributed by atoms with Crippen LogP contribution in [0, 0.1) is 0 Å². The highest BCUT2D eigenvalue weighted by atomic mass is 16.6. The number of fused-ring (bicyclic) bond motifs is 1. The van der Waals surface area contributed by atoms with Gasteiger partial charge in [0.15, 0.2) is 6.10 Å². The van der Waals surface area contributed by atoms with E-state index in [9.17, 15) is 4.79 Å². The van der Waals surface area contributed by atoms with Gasteiger partial charge in [0, 0.05) is 12.5 Å². The Morgan fingerprint density at radius 3 is 2.58 bits per heavy atom. The average molecular weight is 346 g/mol. The van der Waals surface area contributed by atoms with E-state index >= 15 is 0 Å². The average Bonchev–Trinajstić information content (AvgIpc) is 3.24. The minimum Gasteiger partial charge on any atom is -0.387 e. The van der Waals surface area contributed by atoms with Crippen molar-refractivity contribution in [2.45, 2.75) is 50.3 Å². The zero-order valence-electron chi connectivity index (χ0n) is 14.7. The predicted octanol–water partition coefficient (Wildman–Crippen LogP) is 4.18. The van der Waals surface area contributed by atoms with Crippen molar-refractivity contribution in [3.05, 3.63) is 71.3 Å². The summed E-state index contributed by atoms with van der Waals surface area (Å²) in [5, 5.41) is 4.18. The second kappa shape index (κ2) is 6.27. The second-order valence-electron chi connectivity index (χ2n) is 7.44. The number of oxime groups is 1. The van der Waals surface area contributed by atoms with E-state index in [4.69, 9.17) is 4.84 Å². The maximum atomic E-state index is 13.3. The summed E-state index contributed by atoms with van der Waals surface area (Å²) < 4.78 is 0. The molecule has 4 nitrogen and oxygen atoms in total. The van der Waals surface area contributed by atoms with Gasteiger partial charge in [-0.2, -0.15) is 0 Å². The third-order valence-electron chi connectivity index (χ3n) is 5.70. The van der Waals surface area contributed by atoms with Crippen molar-refractivity contribution in [2.24, 2.45) is 5.16 Å². The first-order valence-electron chi connectivity index (χ1n) is 9.49. The maximum absolute atomic E-state index is 13.3. The number of hydrogen-bond acceptors (Lipinski definition) is 3. The Labute approximate surface area is 153 Å². The van der Waals surface area contributed by atoms with Crippen LogP contribution >= 0.6 is 0 Å². The number of benzene rings is 2. The number of carbonyl (C=O) groups excluding carboxylic acids is 1. The zero-order chi connectivity index (χ0) is 17.5. The highest BCUT2D eigenvalue weighted by molar-refractivity contribution is 6.39. The van der Waals surface area contributed by atoms with Gasteiger partial charge in [0.1, 0.15) is 5.71 Å². The van der Waals surface area contributed by atoms with Gasteiger partial charge in [-0.3, -0.25) is 4.79 Å². The van der Waals surface area contributed by atoms with Crippen molar-refractivity contribution in [3.63, 3.8) is 0 Å². The Bertz CT molecular complexity index is 857. The van der Waals surface area contributed by atoms with Crippen LogP contribution in [0.3, 0.4) is 0 Å². The van der Waals surface area contributed by atoms with Gasteiger partial charge in [-0.1, -0.05) is 59.8 Å². The quantitative estimate of drug-likeness (QED) is 0.833. The van der Waals surface area contributed by atoms with Crippen LogP contribution in [0.25, 0.3) is 0 Å². The molecule has 2 aromatic rings. The third-order valence-corrected chi connectivity index (χ3v) is 5.70. The zero-order valence-corrected chi connectivity index (χ0v) is 14.7. The molecule has 1 amide bonds. The molecule has 0 radical (unpaired) electrons. The number of hydrogen-bond donors (Lipinski definition) is 0. The first kappa shape index (κ1) is 15.6. The number of aryl methyl sites for hydroxylation is 1. The molecule has 1 aliphatic heterocycles. The molecule has 3 aliphatic rings. The minimum atomic E-state index is -0.146. The van der Waals surface area contributed by atoms with Crippen LogP contribution in [0.15, 0.2) is 59.8 Å². The lowest BCUT2D eigenvalue weighted by molar-refractivity contribution is -0.127. The monoisotopic (exact) mass is 346 g/mol. The number of nitrogens with zero attached hydrogens (tertiary/aromatic N) is 2. The molecule has 4 heteroatoms. The molecular formula is C22H22N2O2. The van der Waals surface area contributed by atoms with Gasteiger partial charge in [0.25, 0.3) is 5.91 Å². The van der Waals surface area contributed by atoms with Crippen molar-refractivity contribution >= 4 is 11.6 Å². The normalized spacial score (nSPS) is 23.9. The van der Waals surface area contributed by atoms with Crippen LogP contribution in [0.1, 0.15) is 54.5 Å². The van der Waals surface area contributed by atoms with Crippen LogP contribution in [0.2, 0.25) is 0 Å². The molecule has 1 heterocycles. The van der Waals surface area contributed by atoms with E-state index in [0.29, 0.717) is 18.2 Å². The van der Waals surface area contributed by atoms with Crippen LogP contribution in [-0.4, -0.2) is 22.6 Å². The van der Waals surface area contributed by atoms with Gasteiger partial charge in [-0.25, -0.2) is 0 Å². The van der Waals surface area contributed by atoms with Crippen LogP contribution in [0.5, 0.6) is 0 Å². The summed E-state index contributed by atoms with van der Waals surface area (Å²) in [6.07, 6.45) is 4.67. The Hall–Kier alpha value is -2.62. The Morgan fingerprint density at radius 1 is 1.00 bits per heavy atom. The van der Waals surface area contributed by atoms with E-state index < -0.39 is 0 Å². The molecular weight excluding hydrogens is 324 g/mol. The maximum Gasteiger partial charge on any atom is 0.272 e. The highest BCUT2D eigenvalue weighted by Gasteiger charge is 2.43. The predicted molar refractivity (Wildman–Crippen MR) is 99.7 cm³/mol. The summed E-state index contributed by atoms with van der Waals surface area (Å²) in [6, 6.07) is 19.1. The molecule has 132 valence electrons. The fourth-order valence-electron chi connectivity index (χ4n) is 4.24. The first-order chi connectivity index (χ1) is 12.8. The molecule has 0 unspecified atom stereocenters. The molecule has 26 heavy (non-hydrogen) atoms. The molecule has 2 atom stereocenters. The largest absolute Gasteiger partial charge is 0.387 e. The van der Waals surface area contributed by atoms with Crippen molar-refractivity contribution in [3.8, 4) is 0 Å². The van der Waals surface area contributed by atoms with E-state index in [1.165, 1.54) is 11.1 Å². The molecule has 0 spiro atoms. The van der Waals surface area contributed by atoms with Gasteiger partial charge in [0.2, 0.25) is 0 Å². The van der Waals surface area contributed by atoms with Crippen molar-refractivity contribution in [1.82, 2.24) is 4.90 Å². The lowest BCUT2D eigenvalue weighted by Gasteiger charge is -2.29. The van der Waals surface area contributed by atoms with E-state index in [1.807, 2.05) is 30.3 Å². The SMILES string of the molecule is O=C(C1=NO[C@@H](c2ccccc2)C1)N(C1CC1)[C@H]1CCc2ccccc21. The lowest BCUT2D eigenvalue weighted by atomic mass is 10.0. The van der Waals surface area contributed by atoms with Crippen molar-refractivity contribution in [2.75, 3.05) is 0 Å². The fraction of sp³-hybridized carbons (Fsp3) is 0.364. The van der Waals surface area contributed by atoms with E-state index in [2.05, 4.69) is 34.3 Å². The molecule has 5 rings (SSSR count). The smallest absolute Gasteiger partial charge is 0.272 e. The fourth-order valence-corrected chi connectivity index (χ4v) is 4.24. The Balaban J connectivity index is 1.37. The third kappa shape index (κ3) is 2.70. The van der Waals surface area contributed by atoms with Gasteiger partial charge in [-0.15, -0.1) is 0 Å². The topological polar surface area (TPSA) is 41.9 Å². The summed E-state index contributed by atoms with van der Waals surface area (Å²) >= 11 is 0. The van der Waals surface area contributed by atoms with Crippen molar-refractivity contribution < 1.29 is 9.63 Å². The molecule has 1 saturated carbocycles. The number of carbonyl (C=O) groups is 1. The summed E-state index contributed by atoms with van der Waals surface area (Å²) in [6.45, 7) is 0. The number of amides is 1. The molecule has 0 bridgehead atoms. The molecule has 2 aromatic carbocycles. The minimum absolute atomic E-state index is 0.0626. The Morgan fingerprint density at radius 2 is 1.77 bits per heavy atom. The Kier molecular flexibility index (Phi) is 3.77. The van der Waals surface area contributed by atoms with E-state index in [1.54, 1.807) is 0 Å². The summed E-state index contributed by atoms with van der Waals surface area (Å²) in [4.78, 5) is 21.0. The van der Waals surface area contributed by atoms with Gasteiger partial charge >= 0.3 is 0 Å². The van der Waals surface area contributed by atoms with Crippen molar-refractivity contribution in [1.29, 1.82) is 0 Å². The molecule has 2 aliphatic carbocycles. The van der Waals surface area contributed by atoms with E-state index in [-0.39, 0.29) is 18.1 Å². The lowest BCUT2D eigenvalue weighted by Crippen LogP contribution is -2.40. The van der Waals surface area contributed by atoms with Crippen LogP contribution in [-0.2, 0) is 16.1 Å².